The van der Waals surface area contributed by atoms with Crippen LogP contribution in [-0.2, 0) is 16.8 Å². The highest BCUT2D eigenvalue weighted by atomic mass is 16.3. The molecule has 4 heterocycles. The highest BCUT2D eigenvalue weighted by Gasteiger charge is 2.56. The van der Waals surface area contributed by atoms with Crippen molar-refractivity contribution in [2.45, 2.75) is 75.9 Å². The maximum Gasteiger partial charge on any atom is 0.243 e. The Morgan fingerprint density at radius 2 is 1.75 bits per heavy atom. The summed E-state index contributed by atoms with van der Waals surface area (Å²) in [6.45, 7) is 1.67. The second kappa shape index (κ2) is 7.65. The Balaban J connectivity index is 1.43. The summed E-state index contributed by atoms with van der Waals surface area (Å²) in [5, 5.41) is 13.3. The molecule has 1 spiro atoms. The van der Waals surface area contributed by atoms with Crippen molar-refractivity contribution in [3.8, 4) is 0 Å². The zero-order valence-electron chi connectivity index (χ0n) is 18.3. The molecule has 1 saturated heterocycles. The first kappa shape index (κ1) is 19.8. The monoisotopic (exact) mass is 435 g/mol. The number of carbonyl (C=O) groups is 1. The molecule has 9 heteroatoms. The minimum Gasteiger partial charge on any atom is -0.388 e. The van der Waals surface area contributed by atoms with Crippen molar-refractivity contribution >= 4 is 29.2 Å². The van der Waals surface area contributed by atoms with E-state index in [4.69, 9.17) is 0 Å². The molecule has 0 bridgehead atoms. The van der Waals surface area contributed by atoms with Gasteiger partial charge in [0.25, 0.3) is 0 Å². The summed E-state index contributed by atoms with van der Waals surface area (Å²) in [6.07, 6.45) is 12.8. The summed E-state index contributed by atoms with van der Waals surface area (Å²) in [5.41, 5.74) is 0.913. The van der Waals surface area contributed by atoms with Crippen LogP contribution in [0.5, 0.6) is 0 Å². The number of hydrogen-bond acceptors (Lipinski definition) is 8. The number of aliphatic hydroxyl groups is 1. The summed E-state index contributed by atoms with van der Waals surface area (Å²) in [7, 11) is 0. The molecule has 2 N–H and O–H groups in total. The Labute approximate surface area is 187 Å². The van der Waals surface area contributed by atoms with Crippen LogP contribution in [0.25, 0.3) is 0 Å². The van der Waals surface area contributed by atoms with Crippen molar-refractivity contribution in [3.05, 3.63) is 23.8 Å². The van der Waals surface area contributed by atoms with Crippen LogP contribution in [0.4, 0.5) is 23.3 Å². The van der Waals surface area contributed by atoms with Gasteiger partial charge in [-0.1, -0.05) is 12.8 Å². The van der Waals surface area contributed by atoms with Gasteiger partial charge in [-0.2, -0.15) is 0 Å². The summed E-state index contributed by atoms with van der Waals surface area (Å²) in [6, 6.07) is 0.385. The summed E-state index contributed by atoms with van der Waals surface area (Å²) >= 11 is 0. The fraction of sp³-hybridized carbons (Fsp3) is 0.609. The molecule has 168 valence electrons. The van der Waals surface area contributed by atoms with Gasteiger partial charge in [-0.05, 0) is 44.9 Å². The topological polar surface area (TPSA) is 107 Å². The quantitative estimate of drug-likeness (QED) is 0.738. The standard InChI is InChI=1S/C23H29N7O2/c31-14-17-27-19(26-15-6-7-15)18-20(28-17)30(21(32)23(18)8-2-3-9-23)16-12-24-22(25-13-16)29-10-4-1-5-11-29/h12-13,15,31H,1-11,14H2,(H,26,27,28). The van der Waals surface area contributed by atoms with Crippen molar-refractivity contribution in [1.82, 2.24) is 19.9 Å². The molecule has 6 rings (SSSR count). The largest absolute Gasteiger partial charge is 0.388 e. The first-order chi connectivity index (χ1) is 15.7. The average molecular weight is 436 g/mol. The lowest BCUT2D eigenvalue weighted by atomic mass is 9.80. The fourth-order valence-electron chi connectivity index (χ4n) is 5.48. The van der Waals surface area contributed by atoms with Crippen molar-refractivity contribution < 1.29 is 9.90 Å². The Hall–Kier alpha value is -2.81. The molecule has 3 fully saturated rings. The highest BCUT2D eigenvalue weighted by molar-refractivity contribution is 6.13. The van der Waals surface area contributed by atoms with Gasteiger partial charge < -0.3 is 15.3 Å². The van der Waals surface area contributed by atoms with Gasteiger partial charge in [0.2, 0.25) is 11.9 Å². The zero-order chi connectivity index (χ0) is 21.7. The molecule has 0 radical (unpaired) electrons. The Kier molecular flexibility index (Phi) is 4.74. The van der Waals surface area contributed by atoms with Gasteiger partial charge in [0.15, 0.2) is 5.82 Å². The van der Waals surface area contributed by atoms with Crippen molar-refractivity contribution in [3.63, 3.8) is 0 Å². The van der Waals surface area contributed by atoms with E-state index in [-0.39, 0.29) is 12.5 Å². The van der Waals surface area contributed by atoms with Gasteiger partial charge in [-0.25, -0.2) is 19.9 Å². The Morgan fingerprint density at radius 1 is 1.03 bits per heavy atom. The van der Waals surface area contributed by atoms with E-state index in [2.05, 4.69) is 30.2 Å². The lowest BCUT2D eigenvalue weighted by Crippen LogP contribution is -2.36. The Morgan fingerprint density at radius 3 is 2.41 bits per heavy atom. The van der Waals surface area contributed by atoms with Gasteiger partial charge in [0.05, 0.1) is 29.1 Å². The number of amides is 1. The molecule has 2 aliphatic heterocycles. The third-order valence-electron chi connectivity index (χ3n) is 7.28. The van der Waals surface area contributed by atoms with E-state index in [0.717, 1.165) is 70.0 Å². The number of fused-ring (bicyclic) bond motifs is 2. The molecule has 32 heavy (non-hydrogen) atoms. The lowest BCUT2D eigenvalue weighted by Gasteiger charge is -2.27. The van der Waals surface area contributed by atoms with Gasteiger partial charge in [-0.3, -0.25) is 9.69 Å². The molecular formula is C23H29N7O2. The number of piperidine rings is 1. The smallest absolute Gasteiger partial charge is 0.243 e. The number of nitrogens with zero attached hydrogens (tertiary/aromatic N) is 6. The number of aromatic nitrogens is 4. The van der Waals surface area contributed by atoms with Gasteiger partial charge in [0, 0.05) is 19.1 Å². The SMILES string of the molecule is O=C1N(c2cnc(N3CCCCC3)nc2)c2nc(CO)nc(NC3CC3)c2C12CCCC2. The maximum absolute atomic E-state index is 13.9. The van der Waals surface area contributed by atoms with Gasteiger partial charge in [0.1, 0.15) is 18.2 Å². The van der Waals surface area contributed by atoms with Crippen LogP contribution in [0, 0.1) is 0 Å². The molecule has 2 aromatic rings. The first-order valence-corrected chi connectivity index (χ1v) is 11.9. The number of nitrogens with one attached hydrogen (secondary N) is 1. The van der Waals surface area contributed by atoms with E-state index in [9.17, 15) is 9.90 Å². The molecule has 0 atom stereocenters. The second-order valence-electron chi connectivity index (χ2n) is 9.48. The van der Waals surface area contributed by atoms with Crippen molar-refractivity contribution in [1.29, 1.82) is 0 Å². The van der Waals surface area contributed by atoms with E-state index in [1.807, 2.05) is 0 Å². The van der Waals surface area contributed by atoms with Crippen LogP contribution in [0.3, 0.4) is 0 Å². The Bertz CT molecular complexity index is 1030. The van der Waals surface area contributed by atoms with E-state index in [1.165, 1.54) is 6.42 Å². The molecule has 2 saturated carbocycles. The highest BCUT2D eigenvalue weighted by Crippen LogP contribution is 2.55. The minimum absolute atomic E-state index is 0.0301. The van der Waals surface area contributed by atoms with Crippen LogP contribution in [0.15, 0.2) is 12.4 Å². The third-order valence-corrected chi connectivity index (χ3v) is 7.28. The summed E-state index contributed by atoms with van der Waals surface area (Å²) < 4.78 is 0. The normalized spacial score (nSPS) is 22.0. The first-order valence-electron chi connectivity index (χ1n) is 11.9. The van der Waals surface area contributed by atoms with Gasteiger partial charge >= 0.3 is 0 Å². The molecule has 0 aromatic carbocycles. The number of hydrogen-bond donors (Lipinski definition) is 2. The molecule has 4 aliphatic rings. The van der Waals surface area contributed by atoms with E-state index in [1.54, 1.807) is 17.3 Å². The maximum atomic E-state index is 13.9. The predicted molar refractivity (Wildman–Crippen MR) is 120 cm³/mol. The third kappa shape index (κ3) is 3.13. The fourth-order valence-corrected chi connectivity index (χ4v) is 5.48. The number of anilines is 4. The van der Waals surface area contributed by atoms with Crippen molar-refractivity contribution in [2.75, 3.05) is 28.2 Å². The summed E-state index contributed by atoms with van der Waals surface area (Å²) in [5.74, 6) is 2.36. The van der Waals surface area contributed by atoms with Gasteiger partial charge in [-0.15, -0.1) is 0 Å². The molecule has 1 amide bonds. The summed E-state index contributed by atoms with van der Waals surface area (Å²) in [4.78, 5) is 36.3. The molecule has 9 nitrogen and oxygen atoms in total. The van der Waals surface area contributed by atoms with E-state index >= 15 is 0 Å². The molecule has 0 unspecified atom stereocenters. The molecule has 2 aromatic heterocycles. The number of rotatable bonds is 5. The predicted octanol–water partition coefficient (Wildman–Crippen LogP) is 2.81. The number of carbonyl (C=O) groups excluding carboxylic acids is 1. The molecule has 2 aliphatic carbocycles. The number of aliphatic hydroxyl groups excluding tert-OH is 1. The minimum atomic E-state index is -0.605. The van der Waals surface area contributed by atoms with E-state index < -0.39 is 5.41 Å². The van der Waals surface area contributed by atoms with Crippen molar-refractivity contribution in [2.24, 2.45) is 0 Å². The lowest BCUT2D eigenvalue weighted by molar-refractivity contribution is -0.122. The van der Waals surface area contributed by atoms with Crippen LogP contribution < -0.4 is 15.1 Å². The second-order valence-corrected chi connectivity index (χ2v) is 9.48. The van der Waals surface area contributed by atoms with E-state index in [0.29, 0.717) is 35.1 Å². The molecular weight excluding hydrogens is 406 g/mol. The van der Waals surface area contributed by atoms with Crippen LogP contribution >= 0.6 is 0 Å². The van der Waals surface area contributed by atoms with Crippen LogP contribution in [0.1, 0.15) is 69.2 Å². The van der Waals surface area contributed by atoms with Crippen LogP contribution in [-0.4, -0.2) is 50.1 Å². The average Bonchev–Trinajstić information content (AvgIpc) is 3.45. The zero-order valence-corrected chi connectivity index (χ0v) is 18.3. The van der Waals surface area contributed by atoms with Crippen LogP contribution in [0.2, 0.25) is 0 Å².